The second kappa shape index (κ2) is 8.78. The van der Waals surface area contributed by atoms with Gasteiger partial charge in [-0.15, -0.1) is 0 Å². The zero-order valence-corrected chi connectivity index (χ0v) is 18.1. The average molecular weight is 437 g/mol. The smallest absolute Gasteiger partial charge is 0.338 e. The Morgan fingerprint density at radius 1 is 1.03 bits per heavy atom. The van der Waals surface area contributed by atoms with Crippen LogP contribution in [0.5, 0.6) is 0 Å². The second-order valence-corrected chi connectivity index (χ2v) is 7.51. The van der Waals surface area contributed by atoms with Gasteiger partial charge in [-0.05, 0) is 57.9 Å². The van der Waals surface area contributed by atoms with E-state index in [-0.39, 0.29) is 30.0 Å². The lowest BCUT2D eigenvalue weighted by atomic mass is 10.1. The van der Waals surface area contributed by atoms with Crippen LogP contribution < -0.4 is 5.32 Å². The summed E-state index contributed by atoms with van der Waals surface area (Å²) in [6, 6.07) is 6.05. The van der Waals surface area contributed by atoms with Gasteiger partial charge in [0.2, 0.25) is 0 Å². The number of rotatable bonds is 7. The number of anilines is 1. The Balaban J connectivity index is 1.72. The molecule has 1 aliphatic carbocycles. The Morgan fingerprint density at radius 2 is 1.66 bits per heavy atom. The van der Waals surface area contributed by atoms with Crippen molar-refractivity contribution in [1.29, 1.82) is 0 Å². The number of fused-ring (bicyclic) bond motifs is 1. The maximum atomic E-state index is 13.2. The molecule has 9 nitrogen and oxygen atoms in total. The number of benzene rings is 1. The number of nitrogens with one attached hydrogen (secondary N) is 1. The van der Waals surface area contributed by atoms with Gasteiger partial charge in [0.05, 0.1) is 41.0 Å². The number of esters is 2. The highest BCUT2D eigenvalue weighted by Crippen LogP contribution is 2.40. The molecule has 3 aromatic rings. The Labute approximate surface area is 184 Å². The van der Waals surface area contributed by atoms with Crippen LogP contribution in [0.1, 0.15) is 75.1 Å². The maximum absolute atomic E-state index is 13.2. The van der Waals surface area contributed by atoms with Crippen molar-refractivity contribution in [1.82, 2.24) is 10.1 Å². The summed E-state index contributed by atoms with van der Waals surface area (Å²) in [5.74, 6) is -1.34. The summed E-state index contributed by atoms with van der Waals surface area (Å²) in [4.78, 5) is 42.3. The van der Waals surface area contributed by atoms with E-state index in [1.54, 1.807) is 26.8 Å². The van der Waals surface area contributed by atoms with E-state index in [0.29, 0.717) is 28.3 Å². The molecule has 32 heavy (non-hydrogen) atoms. The Bertz CT molecular complexity index is 1180. The zero-order chi connectivity index (χ0) is 22.8. The zero-order valence-electron chi connectivity index (χ0n) is 18.1. The van der Waals surface area contributed by atoms with Crippen LogP contribution in [-0.2, 0) is 9.47 Å². The Hall–Kier alpha value is -3.75. The number of aryl methyl sites for hydroxylation is 1. The summed E-state index contributed by atoms with van der Waals surface area (Å²) in [6.45, 7) is 5.46. The van der Waals surface area contributed by atoms with E-state index in [1.807, 2.05) is 0 Å². The van der Waals surface area contributed by atoms with Crippen molar-refractivity contribution in [2.45, 2.75) is 39.5 Å². The number of pyridine rings is 1. The quantitative estimate of drug-likeness (QED) is 0.550. The van der Waals surface area contributed by atoms with E-state index >= 15 is 0 Å². The molecule has 1 amide bonds. The molecule has 1 fully saturated rings. The number of aromatic nitrogens is 2. The summed E-state index contributed by atoms with van der Waals surface area (Å²) in [7, 11) is 0. The molecular weight excluding hydrogens is 414 g/mol. The van der Waals surface area contributed by atoms with Gasteiger partial charge in [0, 0.05) is 17.3 Å². The predicted molar refractivity (Wildman–Crippen MR) is 115 cm³/mol. The summed E-state index contributed by atoms with van der Waals surface area (Å²) in [6.07, 6.45) is 2.02. The summed E-state index contributed by atoms with van der Waals surface area (Å²) < 4.78 is 15.4. The molecule has 0 atom stereocenters. The monoisotopic (exact) mass is 437 g/mol. The fourth-order valence-corrected chi connectivity index (χ4v) is 3.44. The highest BCUT2D eigenvalue weighted by Gasteiger charge is 2.29. The number of hydrogen-bond donors (Lipinski definition) is 1. The van der Waals surface area contributed by atoms with Crippen molar-refractivity contribution in [3.05, 3.63) is 52.3 Å². The van der Waals surface area contributed by atoms with Gasteiger partial charge in [0.15, 0.2) is 0 Å². The first-order chi connectivity index (χ1) is 15.4. The van der Waals surface area contributed by atoms with Gasteiger partial charge in [-0.2, -0.15) is 0 Å². The van der Waals surface area contributed by atoms with E-state index in [4.69, 9.17) is 14.0 Å². The van der Waals surface area contributed by atoms with E-state index in [0.717, 1.165) is 18.5 Å². The van der Waals surface area contributed by atoms with E-state index in [9.17, 15) is 14.4 Å². The number of amides is 1. The molecule has 1 aromatic carbocycles. The van der Waals surface area contributed by atoms with Crippen molar-refractivity contribution >= 4 is 34.6 Å². The van der Waals surface area contributed by atoms with Crippen molar-refractivity contribution < 1.29 is 28.4 Å². The largest absolute Gasteiger partial charge is 0.462 e. The molecule has 2 heterocycles. The first kappa shape index (κ1) is 21.5. The van der Waals surface area contributed by atoms with Crippen LogP contribution in [0.15, 0.2) is 28.8 Å². The normalized spacial score (nSPS) is 13.1. The Morgan fingerprint density at radius 3 is 2.22 bits per heavy atom. The molecule has 0 unspecified atom stereocenters. The molecule has 0 radical (unpaired) electrons. The third-order valence-corrected chi connectivity index (χ3v) is 5.09. The predicted octanol–water partition coefficient (Wildman–Crippen LogP) is 4.01. The van der Waals surface area contributed by atoms with Crippen LogP contribution in [-0.4, -0.2) is 41.2 Å². The SMILES string of the molecule is CCOC(=O)c1cc(NC(=O)c2cc(C3CC3)nc3onc(C)c23)cc(C(=O)OCC)c1. The molecule has 9 heteroatoms. The van der Waals surface area contributed by atoms with Crippen LogP contribution in [0.3, 0.4) is 0 Å². The molecule has 166 valence electrons. The lowest BCUT2D eigenvalue weighted by molar-refractivity contribution is 0.0525. The van der Waals surface area contributed by atoms with Crippen molar-refractivity contribution in [2.24, 2.45) is 0 Å². The van der Waals surface area contributed by atoms with Crippen molar-refractivity contribution in [3.63, 3.8) is 0 Å². The number of carbonyl (C=O) groups is 3. The number of carbonyl (C=O) groups excluding carboxylic acids is 3. The molecule has 0 saturated heterocycles. The van der Waals surface area contributed by atoms with Crippen LogP contribution >= 0.6 is 0 Å². The summed E-state index contributed by atoms with van der Waals surface area (Å²) >= 11 is 0. The molecule has 2 aromatic heterocycles. The van der Waals surface area contributed by atoms with Crippen LogP contribution in [0.4, 0.5) is 5.69 Å². The molecule has 1 N–H and O–H groups in total. The molecule has 1 aliphatic rings. The van der Waals surface area contributed by atoms with E-state index in [2.05, 4.69) is 15.5 Å². The average Bonchev–Trinajstić information content (AvgIpc) is 3.56. The number of nitrogens with zero attached hydrogens (tertiary/aromatic N) is 2. The Kier molecular flexibility index (Phi) is 5.89. The van der Waals surface area contributed by atoms with Crippen LogP contribution in [0, 0.1) is 6.92 Å². The van der Waals surface area contributed by atoms with Gasteiger partial charge in [-0.25, -0.2) is 14.6 Å². The molecular formula is C23H23N3O6. The van der Waals surface area contributed by atoms with E-state index in [1.165, 1.54) is 18.2 Å². The summed E-state index contributed by atoms with van der Waals surface area (Å²) in [5, 5.41) is 7.25. The molecule has 0 aliphatic heterocycles. The second-order valence-electron chi connectivity index (χ2n) is 7.51. The highest BCUT2D eigenvalue weighted by molar-refractivity contribution is 6.13. The lowest BCUT2D eigenvalue weighted by Crippen LogP contribution is -2.16. The number of ether oxygens (including phenoxy) is 2. The minimum absolute atomic E-state index is 0.132. The van der Waals surface area contributed by atoms with Gasteiger partial charge in [-0.3, -0.25) is 4.79 Å². The third-order valence-electron chi connectivity index (χ3n) is 5.09. The maximum Gasteiger partial charge on any atom is 0.338 e. The standard InChI is InChI=1S/C23H23N3O6/c1-4-30-22(28)14-8-15(23(29)31-5-2)10-16(9-14)24-20(27)17-11-18(13-6-7-13)25-21-19(17)12(3)26-32-21/h8-11,13H,4-7H2,1-3H3,(H,24,27). The van der Waals surface area contributed by atoms with Crippen LogP contribution in [0.2, 0.25) is 0 Å². The minimum atomic E-state index is -0.605. The van der Waals surface area contributed by atoms with Gasteiger partial charge in [0.1, 0.15) is 0 Å². The molecule has 0 bridgehead atoms. The van der Waals surface area contributed by atoms with Gasteiger partial charge < -0.3 is 19.3 Å². The van der Waals surface area contributed by atoms with Gasteiger partial charge in [0.25, 0.3) is 11.6 Å². The molecule has 1 saturated carbocycles. The fraction of sp³-hybridized carbons (Fsp3) is 0.348. The topological polar surface area (TPSA) is 121 Å². The summed E-state index contributed by atoms with van der Waals surface area (Å²) in [5.41, 5.74) is 2.54. The molecule has 4 rings (SSSR count). The third kappa shape index (κ3) is 4.32. The first-order valence-corrected chi connectivity index (χ1v) is 10.5. The first-order valence-electron chi connectivity index (χ1n) is 10.5. The van der Waals surface area contributed by atoms with E-state index < -0.39 is 17.8 Å². The fourth-order valence-electron chi connectivity index (χ4n) is 3.44. The van der Waals surface area contributed by atoms with Crippen molar-refractivity contribution in [2.75, 3.05) is 18.5 Å². The highest BCUT2D eigenvalue weighted by atomic mass is 16.5. The van der Waals surface area contributed by atoms with Crippen molar-refractivity contribution in [3.8, 4) is 0 Å². The van der Waals surface area contributed by atoms with Gasteiger partial charge in [-0.1, -0.05) is 5.16 Å². The van der Waals surface area contributed by atoms with Gasteiger partial charge >= 0.3 is 11.9 Å². The number of hydrogen-bond acceptors (Lipinski definition) is 8. The lowest BCUT2D eigenvalue weighted by Gasteiger charge is -2.11. The minimum Gasteiger partial charge on any atom is -0.462 e. The molecule has 0 spiro atoms. The van der Waals surface area contributed by atoms with Crippen LogP contribution in [0.25, 0.3) is 11.1 Å².